The molecule has 0 amide bonds. The van der Waals surface area contributed by atoms with E-state index in [9.17, 15) is 4.39 Å². The Morgan fingerprint density at radius 1 is 0.926 bits per heavy atom. The van der Waals surface area contributed by atoms with Crippen LogP contribution in [0, 0.1) is 5.82 Å². The fraction of sp³-hybridized carbons (Fsp3) is 0.182. The number of rotatable bonds is 7. The quantitative estimate of drug-likeness (QED) is 0.463. The van der Waals surface area contributed by atoms with Gasteiger partial charge < -0.3 is 10.1 Å². The summed E-state index contributed by atoms with van der Waals surface area (Å²) in [7, 11) is 0. The van der Waals surface area contributed by atoms with Crippen molar-refractivity contribution in [3.8, 4) is 5.75 Å². The van der Waals surface area contributed by atoms with E-state index < -0.39 is 0 Å². The highest BCUT2D eigenvalue weighted by atomic mass is 35.5. The molecule has 3 rings (SSSR count). The predicted molar refractivity (Wildman–Crippen MR) is 110 cm³/mol. The molecule has 3 aromatic rings. The molecule has 3 aromatic carbocycles. The van der Waals surface area contributed by atoms with Crippen LogP contribution in [0.15, 0.2) is 60.7 Å². The Kier molecular flexibility index (Phi) is 6.59. The van der Waals surface area contributed by atoms with E-state index in [4.69, 9.17) is 27.9 Å². The SMILES string of the molecule is CCc1ccc(NCc2cc(Cl)cc(Cl)c2OCc2ccc(F)cc2)cc1. The van der Waals surface area contributed by atoms with E-state index in [0.29, 0.717) is 28.9 Å². The second-order valence-electron chi connectivity index (χ2n) is 6.20. The molecule has 0 heterocycles. The van der Waals surface area contributed by atoms with Crippen molar-refractivity contribution in [2.24, 2.45) is 0 Å². The van der Waals surface area contributed by atoms with Gasteiger partial charge in [0, 0.05) is 22.8 Å². The van der Waals surface area contributed by atoms with E-state index in [0.717, 1.165) is 23.2 Å². The van der Waals surface area contributed by atoms with Crippen LogP contribution in [-0.2, 0) is 19.6 Å². The standard InChI is InChI=1S/C22H20Cl2FNO/c1-2-15-5-9-20(10-6-15)26-13-17-11-18(23)12-21(24)22(17)27-14-16-3-7-19(25)8-4-16/h3-12,26H,2,13-14H2,1H3. The number of hydrogen-bond acceptors (Lipinski definition) is 2. The normalized spacial score (nSPS) is 10.7. The smallest absolute Gasteiger partial charge is 0.143 e. The zero-order chi connectivity index (χ0) is 19.2. The average Bonchev–Trinajstić information content (AvgIpc) is 2.67. The van der Waals surface area contributed by atoms with Gasteiger partial charge in [-0.25, -0.2) is 4.39 Å². The van der Waals surface area contributed by atoms with Gasteiger partial charge in [-0.3, -0.25) is 0 Å². The van der Waals surface area contributed by atoms with Crippen molar-refractivity contribution in [3.63, 3.8) is 0 Å². The van der Waals surface area contributed by atoms with Gasteiger partial charge in [0.05, 0.1) is 5.02 Å². The zero-order valence-corrected chi connectivity index (χ0v) is 16.4. The minimum absolute atomic E-state index is 0.276. The molecule has 0 aliphatic carbocycles. The molecule has 0 atom stereocenters. The van der Waals surface area contributed by atoms with Crippen LogP contribution in [0.3, 0.4) is 0 Å². The molecule has 27 heavy (non-hydrogen) atoms. The number of hydrogen-bond donors (Lipinski definition) is 1. The molecule has 2 nitrogen and oxygen atoms in total. The number of anilines is 1. The number of aryl methyl sites for hydroxylation is 1. The Hall–Kier alpha value is -2.23. The van der Waals surface area contributed by atoms with Crippen molar-refractivity contribution >= 4 is 28.9 Å². The Labute approximate surface area is 168 Å². The fourth-order valence-electron chi connectivity index (χ4n) is 2.70. The molecule has 0 aromatic heterocycles. The van der Waals surface area contributed by atoms with E-state index in [2.05, 4.69) is 24.4 Å². The third-order valence-corrected chi connectivity index (χ3v) is 4.73. The highest BCUT2D eigenvalue weighted by Gasteiger charge is 2.11. The third kappa shape index (κ3) is 5.38. The lowest BCUT2D eigenvalue weighted by Gasteiger charge is -2.15. The van der Waals surface area contributed by atoms with Crippen LogP contribution >= 0.6 is 23.2 Å². The van der Waals surface area contributed by atoms with Gasteiger partial charge in [0.2, 0.25) is 0 Å². The second kappa shape index (κ2) is 9.12. The molecule has 1 N–H and O–H groups in total. The summed E-state index contributed by atoms with van der Waals surface area (Å²) in [6.07, 6.45) is 1.01. The van der Waals surface area contributed by atoms with Crippen LogP contribution < -0.4 is 10.1 Å². The van der Waals surface area contributed by atoms with Gasteiger partial charge in [-0.05, 0) is 53.9 Å². The summed E-state index contributed by atoms with van der Waals surface area (Å²) in [5, 5.41) is 4.36. The summed E-state index contributed by atoms with van der Waals surface area (Å²) >= 11 is 12.5. The maximum Gasteiger partial charge on any atom is 0.143 e. The molecule has 0 bridgehead atoms. The van der Waals surface area contributed by atoms with Crippen LogP contribution in [0.2, 0.25) is 10.0 Å². The van der Waals surface area contributed by atoms with Gasteiger partial charge in [0.25, 0.3) is 0 Å². The molecule has 0 saturated heterocycles. The van der Waals surface area contributed by atoms with E-state index in [1.165, 1.54) is 17.7 Å². The van der Waals surface area contributed by atoms with Crippen molar-refractivity contribution in [3.05, 3.63) is 93.2 Å². The predicted octanol–water partition coefficient (Wildman–Crippen LogP) is 6.89. The highest BCUT2D eigenvalue weighted by molar-refractivity contribution is 6.35. The molecule has 0 fully saturated rings. The van der Waals surface area contributed by atoms with Crippen LogP contribution in [-0.4, -0.2) is 0 Å². The molecule has 0 aliphatic heterocycles. The molecule has 5 heteroatoms. The topological polar surface area (TPSA) is 21.3 Å². The van der Waals surface area contributed by atoms with Gasteiger partial charge in [-0.1, -0.05) is 54.4 Å². The maximum absolute atomic E-state index is 13.0. The lowest BCUT2D eigenvalue weighted by atomic mass is 10.1. The molecular formula is C22H20Cl2FNO. The van der Waals surface area contributed by atoms with Gasteiger partial charge >= 0.3 is 0 Å². The first-order valence-electron chi connectivity index (χ1n) is 8.73. The van der Waals surface area contributed by atoms with E-state index >= 15 is 0 Å². The summed E-state index contributed by atoms with van der Waals surface area (Å²) in [6, 6.07) is 18.0. The average molecular weight is 404 g/mol. The van der Waals surface area contributed by atoms with Crippen molar-refractivity contribution in [2.45, 2.75) is 26.5 Å². The largest absolute Gasteiger partial charge is 0.487 e. The van der Waals surface area contributed by atoms with Crippen LogP contribution in [0.1, 0.15) is 23.6 Å². The van der Waals surface area contributed by atoms with Crippen molar-refractivity contribution in [2.75, 3.05) is 5.32 Å². The van der Waals surface area contributed by atoms with Crippen LogP contribution in [0.25, 0.3) is 0 Å². The summed E-state index contributed by atoms with van der Waals surface area (Å²) in [5.74, 6) is 0.297. The molecule has 0 radical (unpaired) electrons. The van der Waals surface area contributed by atoms with Crippen molar-refractivity contribution in [1.29, 1.82) is 0 Å². The van der Waals surface area contributed by atoms with Crippen molar-refractivity contribution < 1.29 is 9.13 Å². The van der Waals surface area contributed by atoms with Gasteiger partial charge in [-0.15, -0.1) is 0 Å². The fourth-order valence-corrected chi connectivity index (χ4v) is 3.29. The lowest BCUT2D eigenvalue weighted by molar-refractivity contribution is 0.303. The van der Waals surface area contributed by atoms with Crippen LogP contribution in [0.4, 0.5) is 10.1 Å². The van der Waals surface area contributed by atoms with Gasteiger partial charge in [-0.2, -0.15) is 0 Å². The summed E-state index contributed by atoms with van der Waals surface area (Å²) in [6.45, 7) is 2.94. The van der Waals surface area contributed by atoms with Gasteiger partial charge in [0.1, 0.15) is 18.2 Å². The number of ether oxygens (including phenoxy) is 1. The maximum atomic E-state index is 13.0. The molecular weight excluding hydrogens is 384 g/mol. The monoisotopic (exact) mass is 403 g/mol. The third-order valence-electron chi connectivity index (χ3n) is 4.23. The van der Waals surface area contributed by atoms with Gasteiger partial charge in [0.15, 0.2) is 0 Å². The van der Waals surface area contributed by atoms with Crippen molar-refractivity contribution in [1.82, 2.24) is 0 Å². The minimum atomic E-state index is -0.276. The molecule has 0 saturated carbocycles. The second-order valence-corrected chi connectivity index (χ2v) is 7.04. The van der Waals surface area contributed by atoms with E-state index in [1.807, 2.05) is 18.2 Å². The molecule has 0 unspecified atom stereocenters. The Morgan fingerprint density at radius 3 is 2.26 bits per heavy atom. The highest BCUT2D eigenvalue weighted by Crippen LogP contribution is 2.33. The first kappa shape index (κ1) is 19.5. The zero-order valence-electron chi connectivity index (χ0n) is 14.9. The number of nitrogens with one attached hydrogen (secondary N) is 1. The summed E-state index contributed by atoms with van der Waals surface area (Å²) < 4.78 is 19.0. The summed E-state index contributed by atoms with van der Waals surface area (Å²) in [5.41, 5.74) is 4.01. The number of halogens is 3. The Balaban J connectivity index is 1.73. The lowest BCUT2D eigenvalue weighted by Crippen LogP contribution is -2.04. The van der Waals surface area contributed by atoms with Crippen LogP contribution in [0.5, 0.6) is 5.75 Å². The molecule has 0 spiro atoms. The number of benzene rings is 3. The Morgan fingerprint density at radius 2 is 1.59 bits per heavy atom. The first-order valence-corrected chi connectivity index (χ1v) is 9.48. The van der Waals surface area contributed by atoms with E-state index in [1.54, 1.807) is 18.2 Å². The molecule has 0 aliphatic rings. The van der Waals surface area contributed by atoms with E-state index in [-0.39, 0.29) is 5.82 Å². The minimum Gasteiger partial charge on any atom is -0.487 e. The first-order chi connectivity index (χ1) is 13.0. The molecule has 140 valence electrons. The Bertz CT molecular complexity index is 895. The summed E-state index contributed by atoms with van der Waals surface area (Å²) in [4.78, 5) is 0.